The van der Waals surface area contributed by atoms with E-state index < -0.39 is 11.6 Å². The van der Waals surface area contributed by atoms with Crippen molar-refractivity contribution >= 4 is 29.9 Å². The molecule has 2 rings (SSSR count). The van der Waals surface area contributed by atoms with Crippen LogP contribution in [0, 0.1) is 11.6 Å². The number of nitrogens with one attached hydrogen (secondary N) is 2. The van der Waals surface area contributed by atoms with Crippen molar-refractivity contribution in [2.45, 2.75) is 32.7 Å². The molecule has 25 heavy (non-hydrogen) atoms. The van der Waals surface area contributed by atoms with E-state index in [0.717, 1.165) is 32.1 Å². The molecule has 1 aromatic carbocycles. The Morgan fingerprint density at radius 1 is 1.32 bits per heavy atom. The number of guanidine groups is 1. The number of nitrogens with zero attached hydrogens (tertiary/aromatic N) is 1. The Bertz CT molecular complexity index is 608. The average molecular weight is 465 g/mol. The maximum Gasteiger partial charge on any atom is 0.191 e. The van der Waals surface area contributed by atoms with Crippen molar-refractivity contribution in [1.82, 2.24) is 10.6 Å². The van der Waals surface area contributed by atoms with Crippen LogP contribution in [-0.2, 0) is 4.74 Å². The molecular weight excluding hydrogens is 439 g/mol. The van der Waals surface area contributed by atoms with Gasteiger partial charge in [-0.1, -0.05) is 17.7 Å². The molecule has 0 fully saturated rings. The third-order valence-corrected chi connectivity index (χ3v) is 3.90. The fourth-order valence-electron chi connectivity index (χ4n) is 2.49. The lowest BCUT2D eigenvalue weighted by Gasteiger charge is -2.19. The summed E-state index contributed by atoms with van der Waals surface area (Å²) in [5, 5.41) is 6.40. The molecule has 0 bridgehead atoms. The summed E-state index contributed by atoms with van der Waals surface area (Å²) < 4.78 is 31.7. The van der Waals surface area contributed by atoms with Gasteiger partial charge in [0.25, 0.3) is 0 Å². The highest BCUT2D eigenvalue weighted by molar-refractivity contribution is 14.0. The van der Waals surface area contributed by atoms with E-state index in [0.29, 0.717) is 24.7 Å². The second-order valence-electron chi connectivity index (χ2n) is 5.74. The van der Waals surface area contributed by atoms with E-state index in [2.05, 4.69) is 21.7 Å². The molecule has 7 heteroatoms. The van der Waals surface area contributed by atoms with Crippen LogP contribution in [0.5, 0.6) is 0 Å². The molecule has 0 aromatic heterocycles. The standard InChI is InChI=1S/C18H25F2N3O.HI/c1-3-21-18(22-9-6-14-7-10-24-11-8-14)23-13(2)15-4-5-16(19)17(20)12-15;/h4-5,7,12-13H,3,6,8-11H2,1-2H3,(H2,21,22,23);1H. The predicted molar refractivity (Wildman–Crippen MR) is 107 cm³/mol. The zero-order chi connectivity index (χ0) is 17.4. The number of benzene rings is 1. The van der Waals surface area contributed by atoms with Crippen LogP contribution in [0.1, 0.15) is 38.3 Å². The Kier molecular flexibility index (Phi) is 9.96. The molecule has 0 spiro atoms. The summed E-state index contributed by atoms with van der Waals surface area (Å²) in [6, 6.07) is 3.75. The molecule has 0 saturated carbocycles. The summed E-state index contributed by atoms with van der Waals surface area (Å²) in [5.41, 5.74) is 2.04. The van der Waals surface area contributed by atoms with Crippen LogP contribution in [0.15, 0.2) is 34.8 Å². The highest BCUT2D eigenvalue weighted by atomic mass is 127. The van der Waals surface area contributed by atoms with Crippen molar-refractivity contribution in [2.24, 2.45) is 4.99 Å². The lowest BCUT2D eigenvalue weighted by atomic mass is 10.1. The summed E-state index contributed by atoms with van der Waals surface area (Å²) >= 11 is 0. The maximum absolute atomic E-state index is 13.4. The first-order valence-corrected chi connectivity index (χ1v) is 8.35. The zero-order valence-electron chi connectivity index (χ0n) is 14.6. The minimum absolute atomic E-state index is 0. The smallest absolute Gasteiger partial charge is 0.191 e. The van der Waals surface area contributed by atoms with E-state index in [9.17, 15) is 8.78 Å². The van der Waals surface area contributed by atoms with Crippen LogP contribution in [0.4, 0.5) is 8.78 Å². The second kappa shape index (κ2) is 11.4. The molecular formula is C18H26F2IN3O. The predicted octanol–water partition coefficient (Wildman–Crippen LogP) is 3.94. The lowest BCUT2D eigenvalue weighted by molar-refractivity contribution is 0.153. The number of hydrogen-bond donors (Lipinski definition) is 2. The Balaban J connectivity index is 0.00000312. The molecule has 1 aromatic rings. The quantitative estimate of drug-likeness (QED) is 0.290. The van der Waals surface area contributed by atoms with E-state index in [4.69, 9.17) is 4.74 Å². The number of aliphatic imine (C=N–C) groups is 1. The molecule has 4 nitrogen and oxygen atoms in total. The summed E-state index contributed by atoms with van der Waals surface area (Å²) in [6.45, 7) is 6.74. The van der Waals surface area contributed by atoms with Gasteiger partial charge in [0.1, 0.15) is 0 Å². The fraction of sp³-hybridized carbons (Fsp3) is 0.500. The molecule has 1 aliphatic rings. The van der Waals surface area contributed by atoms with Gasteiger partial charge in [0, 0.05) is 13.1 Å². The van der Waals surface area contributed by atoms with Crippen molar-refractivity contribution < 1.29 is 13.5 Å². The van der Waals surface area contributed by atoms with E-state index in [1.54, 1.807) is 6.07 Å². The van der Waals surface area contributed by atoms with Gasteiger partial charge < -0.3 is 15.4 Å². The van der Waals surface area contributed by atoms with Gasteiger partial charge in [0.15, 0.2) is 17.6 Å². The van der Waals surface area contributed by atoms with Crippen molar-refractivity contribution in [3.05, 3.63) is 47.0 Å². The normalized spacial score (nSPS) is 15.8. The Morgan fingerprint density at radius 2 is 2.12 bits per heavy atom. The third-order valence-electron chi connectivity index (χ3n) is 3.90. The number of ether oxygens (including phenoxy) is 1. The first-order chi connectivity index (χ1) is 11.6. The molecule has 1 unspecified atom stereocenters. The van der Waals surface area contributed by atoms with Gasteiger partial charge in [0.05, 0.1) is 19.3 Å². The molecule has 0 saturated heterocycles. The van der Waals surface area contributed by atoms with Gasteiger partial charge >= 0.3 is 0 Å². The molecule has 140 valence electrons. The molecule has 2 N–H and O–H groups in total. The van der Waals surface area contributed by atoms with Crippen molar-refractivity contribution in [1.29, 1.82) is 0 Å². The first-order valence-electron chi connectivity index (χ1n) is 8.35. The minimum Gasteiger partial charge on any atom is -0.377 e. The largest absolute Gasteiger partial charge is 0.377 e. The molecule has 0 aliphatic carbocycles. The van der Waals surface area contributed by atoms with Crippen LogP contribution in [0.25, 0.3) is 0 Å². The Labute approximate surface area is 165 Å². The van der Waals surface area contributed by atoms with Crippen LogP contribution in [0.3, 0.4) is 0 Å². The number of rotatable bonds is 6. The van der Waals surface area contributed by atoms with E-state index in [1.807, 2.05) is 13.8 Å². The van der Waals surface area contributed by atoms with Crippen molar-refractivity contribution in [2.75, 3.05) is 26.3 Å². The van der Waals surface area contributed by atoms with Crippen LogP contribution in [0.2, 0.25) is 0 Å². The van der Waals surface area contributed by atoms with Crippen LogP contribution in [-0.4, -0.2) is 32.3 Å². The maximum atomic E-state index is 13.4. The SMILES string of the molecule is CCNC(=NCCC1=CCOCC1)NC(C)c1ccc(F)c(F)c1.I. The highest BCUT2D eigenvalue weighted by Crippen LogP contribution is 2.16. The van der Waals surface area contributed by atoms with Gasteiger partial charge in [-0.25, -0.2) is 8.78 Å². The van der Waals surface area contributed by atoms with Crippen molar-refractivity contribution in [3.8, 4) is 0 Å². The Morgan fingerprint density at radius 3 is 2.76 bits per heavy atom. The van der Waals surface area contributed by atoms with E-state index >= 15 is 0 Å². The second-order valence-corrected chi connectivity index (χ2v) is 5.74. The van der Waals surface area contributed by atoms with Crippen molar-refractivity contribution in [3.63, 3.8) is 0 Å². The average Bonchev–Trinajstić information content (AvgIpc) is 2.58. The van der Waals surface area contributed by atoms with Crippen LogP contribution < -0.4 is 10.6 Å². The fourth-order valence-corrected chi connectivity index (χ4v) is 2.49. The number of hydrogen-bond acceptors (Lipinski definition) is 2. The molecule has 0 amide bonds. The first kappa shape index (κ1) is 21.8. The highest BCUT2D eigenvalue weighted by Gasteiger charge is 2.11. The van der Waals surface area contributed by atoms with Gasteiger partial charge in [-0.3, -0.25) is 4.99 Å². The topological polar surface area (TPSA) is 45.7 Å². The van der Waals surface area contributed by atoms with Crippen LogP contribution >= 0.6 is 24.0 Å². The molecule has 1 aliphatic heterocycles. The van der Waals surface area contributed by atoms with Gasteiger partial charge in [-0.05, 0) is 44.4 Å². The summed E-state index contributed by atoms with van der Waals surface area (Å²) in [6.07, 6.45) is 3.98. The number of halogens is 3. The minimum atomic E-state index is -0.838. The summed E-state index contributed by atoms with van der Waals surface area (Å²) in [4.78, 5) is 4.56. The molecule has 1 heterocycles. The summed E-state index contributed by atoms with van der Waals surface area (Å²) in [7, 11) is 0. The third kappa shape index (κ3) is 7.27. The van der Waals surface area contributed by atoms with Gasteiger partial charge in [-0.2, -0.15) is 0 Å². The van der Waals surface area contributed by atoms with E-state index in [-0.39, 0.29) is 30.0 Å². The monoisotopic (exact) mass is 465 g/mol. The van der Waals surface area contributed by atoms with Gasteiger partial charge in [0.2, 0.25) is 0 Å². The zero-order valence-corrected chi connectivity index (χ0v) is 17.0. The van der Waals surface area contributed by atoms with E-state index in [1.165, 1.54) is 11.6 Å². The molecule has 1 atom stereocenters. The Hall–Kier alpha value is -1.22. The summed E-state index contributed by atoms with van der Waals surface area (Å²) in [5.74, 6) is -1.01. The lowest BCUT2D eigenvalue weighted by Crippen LogP contribution is -2.38. The van der Waals surface area contributed by atoms with Gasteiger partial charge in [-0.15, -0.1) is 24.0 Å². The molecule has 0 radical (unpaired) electrons.